The van der Waals surface area contributed by atoms with Crippen LogP contribution in [0.5, 0.6) is 0 Å². The minimum atomic E-state index is -0.793. The molecule has 3 rings (SSSR count). The molecule has 0 bridgehead atoms. The minimum absolute atomic E-state index is 0.0368. The number of nitro benzene ring substituents is 4. The third kappa shape index (κ3) is 7.49. The molecule has 0 fully saturated rings. The van der Waals surface area contributed by atoms with Gasteiger partial charge >= 0.3 is 0 Å². The Kier molecular flexibility index (Phi) is 9.49. The van der Waals surface area contributed by atoms with Crippen molar-refractivity contribution in [1.82, 2.24) is 0 Å². The van der Waals surface area contributed by atoms with Gasteiger partial charge in [-0.25, -0.2) is 0 Å². The Balaban J connectivity index is 0.00000106. The summed E-state index contributed by atoms with van der Waals surface area (Å²) in [5, 5.41) is 53.3. The summed E-state index contributed by atoms with van der Waals surface area (Å²) in [6, 6.07) is 6.12. The summed E-state index contributed by atoms with van der Waals surface area (Å²) in [5.74, 6) is 0. The van der Waals surface area contributed by atoms with Gasteiger partial charge in [0.15, 0.2) is 7.05 Å². The molecule has 0 spiro atoms. The largest absolute Gasteiger partial charge is 0.290 e. The molecular weight excluding hydrogens is 566 g/mol. The Bertz CT molecular complexity index is 1340. The molecule has 0 saturated heterocycles. The molecule has 2 aromatic carbocycles. The topological polar surface area (TPSA) is 233 Å². The van der Waals surface area contributed by atoms with E-state index < -0.39 is 47.4 Å². The lowest BCUT2D eigenvalue weighted by atomic mass is 10.3. The van der Waals surface area contributed by atoms with Gasteiger partial charge in [0.05, 0.1) is 50.0 Å². The predicted molar refractivity (Wildman–Crippen MR) is 129 cm³/mol. The Labute approximate surface area is 214 Å². The highest BCUT2D eigenvalue weighted by Crippen LogP contribution is 2.47. The van der Waals surface area contributed by atoms with E-state index in [-0.39, 0.29) is 22.3 Å². The highest BCUT2D eigenvalue weighted by atomic mass is 32.2. The van der Waals surface area contributed by atoms with E-state index in [9.17, 15) is 45.3 Å². The molecule has 0 aliphatic rings. The van der Waals surface area contributed by atoms with Crippen LogP contribution in [0.3, 0.4) is 0 Å². The van der Waals surface area contributed by atoms with Crippen LogP contribution in [0.2, 0.25) is 0 Å². The predicted octanol–water partition coefficient (Wildman–Crippen LogP) is 5.00. The summed E-state index contributed by atoms with van der Waals surface area (Å²) in [7, 11) is 0.889. The second-order valence-corrected chi connectivity index (χ2v) is 10.9. The molecule has 0 N–H and O–H groups in total. The van der Waals surface area contributed by atoms with Gasteiger partial charge in [-0.05, 0) is 12.1 Å². The second kappa shape index (κ2) is 12.1. The first-order chi connectivity index (χ1) is 16.8. The van der Waals surface area contributed by atoms with Gasteiger partial charge in [-0.2, -0.15) is 0 Å². The number of nitro groups is 5. The standard InChI is InChI=1S/C15H6N4O9S4.CH3NO2/c20-15-31-13(29-11-3-1-7(16(21)22)5-9(11)18(25)26)14(32-15)30-12-4-2-8(17(23)24)6-10(12)19(27)28;1-2(3)4/h1-6H;1H3. The SMILES string of the molecule is C[N+](=O)[O-].O=c1sc(Sc2ccc([N+](=O)[O-])cc2[N+](=O)[O-])c(Sc2ccc([N+](=O)[O-])cc2[N+](=O)[O-])s1. The number of hydrogen-bond donors (Lipinski definition) is 0. The zero-order valence-electron chi connectivity index (χ0n) is 17.3. The first-order valence-electron chi connectivity index (χ1n) is 8.73. The highest BCUT2D eigenvalue weighted by Gasteiger charge is 2.25. The number of nitrogens with zero attached hydrogens (tertiary/aromatic N) is 5. The number of rotatable bonds is 8. The Morgan fingerprint density at radius 1 is 0.639 bits per heavy atom. The molecular formula is C16H9N5O11S4. The van der Waals surface area contributed by atoms with Crippen LogP contribution in [0, 0.1) is 50.6 Å². The van der Waals surface area contributed by atoms with Crippen LogP contribution in [0.1, 0.15) is 0 Å². The molecule has 16 nitrogen and oxygen atoms in total. The second-order valence-electron chi connectivity index (χ2n) is 6.01. The van der Waals surface area contributed by atoms with Crippen LogP contribution in [0.25, 0.3) is 0 Å². The minimum Gasteiger partial charge on any atom is -0.265 e. The van der Waals surface area contributed by atoms with Crippen molar-refractivity contribution in [1.29, 1.82) is 0 Å². The van der Waals surface area contributed by atoms with Gasteiger partial charge in [0.1, 0.15) is 0 Å². The van der Waals surface area contributed by atoms with E-state index in [1.54, 1.807) is 0 Å². The van der Waals surface area contributed by atoms with Crippen molar-refractivity contribution < 1.29 is 24.6 Å². The van der Waals surface area contributed by atoms with E-state index in [1.807, 2.05) is 0 Å². The molecule has 0 unspecified atom stereocenters. The summed E-state index contributed by atoms with van der Waals surface area (Å²) < 4.78 is 0.188. The average Bonchev–Trinajstić information content (AvgIpc) is 3.11. The Morgan fingerprint density at radius 2 is 0.972 bits per heavy atom. The van der Waals surface area contributed by atoms with Crippen molar-refractivity contribution in [2.75, 3.05) is 7.05 Å². The fourth-order valence-corrected chi connectivity index (χ4v) is 7.37. The lowest BCUT2D eigenvalue weighted by molar-refractivity contribution is -0.445. The van der Waals surface area contributed by atoms with Gasteiger partial charge in [0, 0.05) is 17.1 Å². The van der Waals surface area contributed by atoms with Gasteiger partial charge in [-0.1, -0.05) is 46.2 Å². The molecule has 20 heteroatoms. The summed E-state index contributed by atoms with van der Waals surface area (Å²) in [6.45, 7) is 0. The fraction of sp³-hybridized carbons (Fsp3) is 0.0625. The van der Waals surface area contributed by atoms with E-state index in [4.69, 9.17) is 10.1 Å². The maximum absolute atomic E-state index is 12.0. The zero-order chi connectivity index (χ0) is 27.2. The summed E-state index contributed by atoms with van der Waals surface area (Å²) in [6.07, 6.45) is 0. The normalized spacial score (nSPS) is 10.1. The van der Waals surface area contributed by atoms with E-state index >= 15 is 0 Å². The van der Waals surface area contributed by atoms with Gasteiger partial charge in [0.25, 0.3) is 26.8 Å². The molecule has 0 saturated carbocycles. The van der Waals surface area contributed by atoms with Gasteiger partial charge in [-0.3, -0.25) is 55.4 Å². The quantitative estimate of drug-likeness (QED) is 0.254. The maximum Gasteiger partial charge on any atom is 0.290 e. The van der Waals surface area contributed by atoms with E-state index in [0.29, 0.717) is 0 Å². The molecule has 1 aromatic heterocycles. The lowest BCUT2D eigenvalue weighted by Crippen LogP contribution is -1.94. The van der Waals surface area contributed by atoms with Crippen molar-refractivity contribution in [3.63, 3.8) is 0 Å². The number of hydrogen-bond acceptors (Lipinski definition) is 15. The van der Waals surface area contributed by atoms with Crippen molar-refractivity contribution in [2.24, 2.45) is 0 Å². The molecule has 3 aromatic rings. The van der Waals surface area contributed by atoms with E-state index in [0.717, 1.165) is 77.5 Å². The first kappa shape index (κ1) is 28.2. The van der Waals surface area contributed by atoms with Gasteiger partial charge in [-0.15, -0.1) is 0 Å². The zero-order valence-corrected chi connectivity index (χ0v) is 20.6. The molecule has 1 heterocycles. The summed E-state index contributed by atoms with van der Waals surface area (Å²) >= 11 is 3.14. The molecule has 0 radical (unpaired) electrons. The van der Waals surface area contributed by atoms with E-state index in [2.05, 4.69) is 0 Å². The van der Waals surface area contributed by atoms with Gasteiger partial charge < -0.3 is 0 Å². The maximum atomic E-state index is 12.0. The molecule has 0 aliphatic carbocycles. The molecule has 0 aliphatic heterocycles. The third-order valence-electron chi connectivity index (χ3n) is 3.62. The molecule has 0 atom stereocenters. The number of benzene rings is 2. The fourth-order valence-electron chi connectivity index (χ4n) is 2.28. The van der Waals surface area contributed by atoms with Crippen molar-refractivity contribution >= 4 is 68.9 Å². The van der Waals surface area contributed by atoms with E-state index in [1.165, 1.54) is 12.1 Å². The van der Waals surface area contributed by atoms with Crippen LogP contribution < -0.4 is 4.06 Å². The lowest BCUT2D eigenvalue weighted by Gasteiger charge is -2.05. The monoisotopic (exact) mass is 575 g/mol. The number of non-ortho nitro benzene ring substituents is 2. The van der Waals surface area contributed by atoms with Crippen LogP contribution in [0.15, 0.2) is 59.4 Å². The van der Waals surface area contributed by atoms with Crippen molar-refractivity contribution in [3.05, 3.63) is 95.8 Å². The summed E-state index contributed by atoms with van der Waals surface area (Å²) in [4.78, 5) is 61.7. The molecule has 188 valence electrons. The van der Waals surface area contributed by atoms with Crippen LogP contribution in [-0.4, -0.2) is 31.7 Å². The first-order valence-corrected chi connectivity index (χ1v) is 12.0. The van der Waals surface area contributed by atoms with Crippen LogP contribution in [0.4, 0.5) is 22.7 Å². The Morgan fingerprint density at radius 3 is 1.25 bits per heavy atom. The summed E-state index contributed by atoms with van der Waals surface area (Å²) in [5.41, 5.74) is -2.02. The Hall–Kier alpha value is -4.01. The molecule has 0 amide bonds. The average molecular weight is 576 g/mol. The smallest absolute Gasteiger partial charge is 0.265 e. The van der Waals surface area contributed by atoms with Crippen LogP contribution >= 0.6 is 46.2 Å². The van der Waals surface area contributed by atoms with Crippen LogP contribution in [-0.2, 0) is 0 Å². The van der Waals surface area contributed by atoms with Crippen molar-refractivity contribution in [2.45, 2.75) is 18.2 Å². The third-order valence-corrected chi connectivity index (χ3v) is 8.66. The highest BCUT2D eigenvalue weighted by molar-refractivity contribution is 8.05. The van der Waals surface area contributed by atoms with Gasteiger partial charge in [0.2, 0.25) is 0 Å². The van der Waals surface area contributed by atoms with Crippen molar-refractivity contribution in [3.8, 4) is 0 Å². The molecule has 36 heavy (non-hydrogen) atoms.